The van der Waals surface area contributed by atoms with E-state index < -0.39 is 0 Å². The van der Waals surface area contributed by atoms with E-state index in [4.69, 9.17) is 4.74 Å². The number of ether oxygens (including phenoxy) is 1. The van der Waals surface area contributed by atoms with Gasteiger partial charge < -0.3 is 4.74 Å². The molecule has 82 valence electrons. The molecule has 1 heterocycles. The van der Waals surface area contributed by atoms with Gasteiger partial charge in [0.2, 0.25) is 0 Å². The largest absolute Gasteiger partial charge is 0.497 e. The summed E-state index contributed by atoms with van der Waals surface area (Å²) in [6, 6.07) is 4.95. The Morgan fingerprint density at radius 2 is 2.19 bits per heavy atom. The zero-order valence-corrected chi connectivity index (χ0v) is 8.93. The molecule has 5 nitrogen and oxygen atoms in total. The number of methoxy groups -OCH3 is 1. The van der Waals surface area contributed by atoms with E-state index in [1.165, 1.54) is 18.7 Å². The smallest absolute Gasteiger partial charge is 0.261 e. The molecule has 0 amide bonds. The zero-order valence-electron chi connectivity index (χ0n) is 8.93. The summed E-state index contributed by atoms with van der Waals surface area (Å²) in [5.74, 6) is 0.704. The number of fused-ring (bicyclic) bond motifs is 1. The van der Waals surface area contributed by atoms with Gasteiger partial charge in [0.15, 0.2) is 12.1 Å². The van der Waals surface area contributed by atoms with Gasteiger partial charge in [0.05, 0.1) is 18.0 Å². The van der Waals surface area contributed by atoms with Crippen molar-refractivity contribution in [1.82, 2.24) is 9.55 Å². The van der Waals surface area contributed by atoms with Gasteiger partial charge in [-0.15, -0.1) is 0 Å². The minimum absolute atomic E-state index is 0.103. The Morgan fingerprint density at radius 1 is 1.44 bits per heavy atom. The summed E-state index contributed by atoms with van der Waals surface area (Å²) < 4.78 is 6.25. The van der Waals surface area contributed by atoms with Crippen LogP contribution in [0.15, 0.2) is 23.0 Å². The van der Waals surface area contributed by atoms with Crippen LogP contribution >= 0.6 is 0 Å². The van der Waals surface area contributed by atoms with Crippen molar-refractivity contribution in [1.29, 1.82) is 0 Å². The molecule has 16 heavy (non-hydrogen) atoms. The van der Waals surface area contributed by atoms with Gasteiger partial charge in [-0.1, -0.05) is 0 Å². The quantitative estimate of drug-likeness (QED) is 0.698. The van der Waals surface area contributed by atoms with Gasteiger partial charge in [-0.2, -0.15) is 0 Å². The van der Waals surface area contributed by atoms with Crippen molar-refractivity contribution in [3.05, 3.63) is 34.4 Å². The van der Waals surface area contributed by atoms with Gasteiger partial charge in [-0.25, -0.2) is 4.98 Å². The monoisotopic (exact) mass is 218 g/mol. The molecule has 0 saturated carbocycles. The van der Waals surface area contributed by atoms with E-state index in [1.54, 1.807) is 18.2 Å². The summed E-state index contributed by atoms with van der Waals surface area (Å²) >= 11 is 0. The Kier molecular flexibility index (Phi) is 2.44. The maximum absolute atomic E-state index is 11.8. The minimum Gasteiger partial charge on any atom is -0.497 e. The van der Waals surface area contributed by atoms with Gasteiger partial charge in [0.1, 0.15) is 5.75 Å². The predicted octanol–water partition coefficient (Wildman–Crippen LogP) is 0.755. The number of aldehydes is 1. The van der Waals surface area contributed by atoms with Crippen molar-refractivity contribution in [2.45, 2.75) is 0 Å². The second kappa shape index (κ2) is 3.77. The Balaban J connectivity index is 2.87. The van der Waals surface area contributed by atoms with Crippen molar-refractivity contribution in [2.75, 3.05) is 7.11 Å². The van der Waals surface area contributed by atoms with Crippen molar-refractivity contribution in [3.63, 3.8) is 0 Å². The Labute approximate surface area is 91.3 Å². The van der Waals surface area contributed by atoms with Crippen LogP contribution in [0.3, 0.4) is 0 Å². The van der Waals surface area contributed by atoms with Crippen LogP contribution in [0.4, 0.5) is 0 Å². The molecule has 0 N–H and O–H groups in total. The summed E-state index contributed by atoms with van der Waals surface area (Å²) in [7, 11) is 3.05. The number of hydrogen-bond donors (Lipinski definition) is 0. The Morgan fingerprint density at radius 3 is 2.81 bits per heavy atom. The standard InChI is InChI=1S/C11H10N2O3/c1-13-10(6-14)12-9-5-7(16-2)3-4-8(9)11(13)15/h3-6H,1-2H3. The van der Waals surface area contributed by atoms with E-state index in [-0.39, 0.29) is 11.4 Å². The van der Waals surface area contributed by atoms with E-state index in [1.807, 2.05) is 0 Å². The molecule has 2 rings (SSSR count). The second-order valence-corrected chi connectivity index (χ2v) is 3.34. The van der Waals surface area contributed by atoms with Crippen molar-refractivity contribution in [3.8, 4) is 5.75 Å². The highest BCUT2D eigenvalue weighted by Crippen LogP contribution is 2.16. The van der Waals surface area contributed by atoms with Gasteiger partial charge in [0.25, 0.3) is 5.56 Å². The van der Waals surface area contributed by atoms with Gasteiger partial charge in [-0.05, 0) is 12.1 Å². The summed E-state index contributed by atoms with van der Waals surface area (Å²) in [5, 5.41) is 0.467. The molecule has 0 radical (unpaired) electrons. The SMILES string of the molecule is COc1ccc2c(=O)n(C)c(C=O)nc2c1. The zero-order chi connectivity index (χ0) is 11.7. The normalized spacial score (nSPS) is 10.4. The first kappa shape index (κ1) is 10.4. The van der Waals surface area contributed by atoms with E-state index >= 15 is 0 Å². The number of nitrogens with zero attached hydrogens (tertiary/aromatic N) is 2. The highest BCUT2D eigenvalue weighted by atomic mass is 16.5. The van der Waals surface area contributed by atoms with Crippen LogP contribution in [0.1, 0.15) is 10.6 Å². The van der Waals surface area contributed by atoms with Crippen molar-refractivity contribution >= 4 is 17.2 Å². The van der Waals surface area contributed by atoms with Gasteiger partial charge in [0, 0.05) is 13.1 Å². The fourth-order valence-corrected chi connectivity index (χ4v) is 1.50. The summed E-state index contributed by atoms with van der Waals surface area (Å²) in [6.07, 6.45) is 0.556. The fraction of sp³-hybridized carbons (Fsp3) is 0.182. The molecule has 0 unspecified atom stereocenters. The molecule has 0 bridgehead atoms. The van der Waals surface area contributed by atoms with Gasteiger partial charge in [-0.3, -0.25) is 14.2 Å². The average Bonchev–Trinajstić information content (AvgIpc) is 2.33. The third-order valence-electron chi connectivity index (χ3n) is 2.42. The minimum atomic E-state index is -0.241. The highest BCUT2D eigenvalue weighted by Gasteiger charge is 2.07. The van der Waals surface area contributed by atoms with Crippen LogP contribution in [-0.2, 0) is 7.05 Å². The second-order valence-electron chi connectivity index (χ2n) is 3.34. The number of carbonyl (C=O) groups excluding carboxylic acids is 1. The summed E-state index contributed by atoms with van der Waals surface area (Å²) in [4.78, 5) is 26.6. The van der Waals surface area contributed by atoms with Gasteiger partial charge >= 0.3 is 0 Å². The van der Waals surface area contributed by atoms with Crippen LogP contribution in [0.25, 0.3) is 10.9 Å². The molecule has 0 aliphatic heterocycles. The topological polar surface area (TPSA) is 61.2 Å². The molecule has 5 heteroatoms. The van der Waals surface area contributed by atoms with E-state index in [2.05, 4.69) is 4.98 Å². The molecular weight excluding hydrogens is 208 g/mol. The molecule has 0 spiro atoms. The van der Waals surface area contributed by atoms with Crippen LogP contribution in [0.5, 0.6) is 5.75 Å². The lowest BCUT2D eigenvalue weighted by Crippen LogP contribution is -2.22. The molecule has 0 saturated heterocycles. The predicted molar refractivity (Wildman–Crippen MR) is 58.9 cm³/mol. The lowest BCUT2D eigenvalue weighted by atomic mass is 10.2. The van der Waals surface area contributed by atoms with Crippen LogP contribution < -0.4 is 10.3 Å². The number of hydrogen-bond acceptors (Lipinski definition) is 4. The molecule has 0 aliphatic carbocycles. The number of rotatable bonds is 2. The molecule has 0 aliphatic rings. The third kappa shape index (κ3) is 1.46. The first-order valence-corrected chi connectivity index (χ1v) is 4.67. The van der Waals surface area contributed by atoms with Crippen LogP contribution in [0.2, 0.25) is 0 Å². The maximum atomic E-state index is 11.8. The molecule has 1 aromatic carbocycles. The summed E-state index contributed by atoms with van der Waals surface area (Å²) in [6.45, 7) is 0. The van der Waals surface area contributed by atoms with Crippen molar-refractivity contribution < 1.29 is 9.53 Å². The molecule has 1 aromatic heterocycles. The lowest BCUT2D eigenvalue weighted by molar-refractivity contribution is 0.111. The van der Waals surface area contributed by atoms with Crippen LogP contribution in [0, 0.1) is 0 Å². The highest BCUT2D eigenvalue weighted by molar-refractivity contribution is 5.82. The van der Waals surface area contributed by atoms with Crippen LogP contribution in [-0.4, -0.2) is 22.9 Å². The van der Waals surface area contributed by atoms with E-state index in [0.29, 0.717) is 22.9 Å². The average molecular weight is 218 g/mol. The summed E-state index contributed by atoms with van der Waals surface area (Å²) in [5.41, 5.74) is 0.222. The maximum Gasteiger partial charge on any atom is 0.261 e. The Bertz CT molecular complexity index is 616. The first-order chi connectivity index (χ1) is 7.67. The first-order valence-electron chi connectivity index (χ1n) is 4.67. The lowest BCUT2D eigenvalue weighted by Gasteiger charge is -2.05. The number of aromatic nitrogens is 2. The third-order valence-corrected chi connectivity index (χ3v) is 2.42. The number of carbonyl (C=O) groups is 1. The van der Waals surface area contributed by atoms with E-state index in [0.717, 1.165) is 0 Å². The molecule has 0 atom stereocenters. The molecular formula is C11H10N2O3. The molecule has 2 aromatic rings. The van der Waals surface area contributed by atoms with Crippen molar-refractivity contribution in [2.24, 2.45) is 7.05 Å². The fourth-order valence-electron chi connectivity index (χ4n) is 1.50. The number of benzene rings is 1. The molecule has 0 fully saturated rings. The van der Waals surface area contributed by atoms with E-state index in [9.17, 15) is 9.59 Å². The Hall–Kier alpha value is -2.17.